The Labute approximate surface area is 258 Å². The summed E-state index contributed by atoms with van der Waals surface area (Å²) < 4.78 is 3.34. The number of fused-ring (bicyclic) bond motifs is 3. The summed E-state index contributed by atoms with van der Waals surface area (Å²) in [5.41, 5.74) is 8.08. The van der Waals surface area contributed by atoms with Crippen LogP contribution in [0.25, 0.3) is 11.1 Å². The Balaban J connectivity index is 0.000000486. The van der Waals surface area contributed by atoms with E-state index in [4.69, 9.17) is 0 Å². The van der Waals surface area contributed by atoms with Gasteiger partial charge >= 0.3 is 28.4 Å². The number of halogens is 2. The van der Waals surface area contributed by atoms with Crippen LogP contribution in [0.5, 0.6) is 0 Å². The standard InChI is InChI=1S/C13H9.2C8H9.C5H5.CH2.2ClH.Zr/c1-3-7-12-10(5-1)9-11-6-2-4-8-13(11)12;2*1-2-8-6-4-3-5-7-8;1-2-4-5-3-1;;;;/h1-5,7-8H,9H2;2*2-7H,1H3;1-3H,4H2;1H2;2*1H;/q4*-1;;;;. The first-order valence-electron chi connectivity index (χ1n) is 12.2. The number of hydrogen-bond acceptors (Lipinski definition) is 0. The van der Waals surface area contributed by atoms with Crippen molar-refractivity contribution in [3.63, 3.8) is 0 Å². The zero-order valence-corrected chi connectivity index (χ0v) is 26.2. The van der Waals surface area contributed by atoms with E-state index in [1.54, 1.807) is 0 Å². The van der Waals surface area contributed by atoms with Gasteiger partial charge in [-0.2, -0.15) is 84.1 Å². The molecule has 0 spiro atoms. The summed E-state index contributed by atoms with van der Waals surface area (Å²) in [6.45, 7) is 4.07. The molecular formula is C35H36Cl2Zr-4. The van der Waals surface area contributed by atoms with Crippen molar-refractivity contribution >= 4 is 29.0 Å². The summed E-state index contributed by atoms with van der Waals surface area (Å²) in [5.74, 6) is 0. The summed E-state index contributed by atoms with van der Waals surface area (Å²) in [4.78, 5) is 0. The maximum absolute atomic E-state index is 3.34. The monoisotopic (exact) mass is 616 g/mol. The van der Waals surface area contributed by atoms with Crippen molar-refractivity contribution in [2.45, 2.75) is 26.7 Å². The summed E-state index contributed by atoms with van der Waals surface area (Å²) in [5, 5.41) is 0. The van der Waals surface area contributed by atoms with E-state index in [-0.39, 0.29) is 24.8 Å². The smallest absolute Gasteiger partial charge is 0.0253 e. The Hall–Kier alpha value is -2.57. The Morgan fingerprint density at radius 1 is 0.684 bits per heavy atom. The van der Waals surface area contributed by atoms with Gasteiger partial charge < -0.3 is 0 Å². The van der Waals surface area contributed by atoms with Gasteiger partial charge in [-0.25, -0.2) is 12.2 Å². The normalized spacial score (nSPS) is 10.2. The van der Waals surface area contributed by atoms with E-state index < -0.39 is 0 Å². The van der Waals surface area contributed by atoms with Crippen LogP contribution in [0.3, 0.4) is 0 Å². The van der Waals surface area contributed by atoms with E-state index >= 15 is 0 Å². The topological polar surface area (TPSA) is 0 Å². The molecule has 198 valence electrons. The van der Waals surface area contributed by atoms with Gasteiger partial charge in [-0.15, -0.1) is 61.1 Å². The fraction of sp³-hybridized carbons (Fsp3) is 0.114. The first kappa shape index (κ1) is 35.4. The third kappa shape index (κ3) is 12.8. The predicted octanol–water partition coefficient (Wildman–Crippen LogP) is 9.69. The minimum absolute atomic E-state index is 0. The third-order valence-corrected chi connectivity index (χ3v) is 5.47. The van der Waals surface area contributed by atoms with Gasteiger partial charge in [-0.05, 0) is 6.42 Å². The average molecular weight is 619 g/mol. The average Bonchev–Trinajstić information content (AvgIpc) is 3.68. The minimum atomic E-state index is 0. The van der Waals surface area contributed by atoms with Crippen molar-refractivity contribution in [2.75, 3.05) is 0 Å². The van der Waals surface area contributed by atoms with Crippen LogP contribution in [-0.2, 0) is 30.7 Å². The van der Waals surface area contributed by atoms with E-state index in [0.29, 0.717) is 0 Å². The molecular weight excluding hydrogens is 583 g/mol. The van der Waals surface area contributed by atoms with E-state index in [2.05, 4.69) is 95.9 Å². The predicted molar refractivity (Wildman–Crippen MR) is 168 cm³/mol. The first-order valence-corrected chi connectivity index (χ1v) is 13.9. The zero-order chi connectivity index (χ0) is 25.8. The maximum Gasteiger partial charge on any atom is -0.0253 e. The second-order valence-corrected chi connectivity index (χ2v) is 7.80. The fourth-order valence-corrected chi connectivity index (χ4v) is 3.63. The molecule has 0 aromatic heterocycles. The molecule has 0 aliphatic heterocycles. The van der Waals surface area contributed by atoms with E-state index in [0.717, 1.165) is 12.8 Å². The molecule has 0 atom stereocenters. The van der Waals surface area contributed by atoms with Gasteiger partial charge in [0.15, 0.2) is 0 Å². The summed E-state index contributed by atoms with van der Waals surface area (Å²) in [6.07, 6.45) is 15.2. The van der Waals surface area contributed by atoms with Crippen molar-refractivity contribution in [3.8, 4) is 11.1 Å². The number of allylic oxidation sites excluding steroid dienone is 4. The molecule has 4 aromatic carbocycles. The molecule has 0 heterocycles. The largest absolute Gasteiger partial charge is 0.179 e. The Bertz CT molecular complexity index is 1090. The summed E-state index contributed by atoms with van der Waals surface area (Å²) in [7, 11) is 0. The van der Waals surface area contributed by atoms with Crippen LogP contribution in [0.4, 0.5) is 0 Å². The van der Waals surface area contributed by atoms with Gasteiger partial charge in [0.2, 0.25) is 0 Å². The molecule has 0 saturated heterocycles. The number of hydrogen-bond donors (Lipinski definition) is 0. The zero-order valence-electron chi connectivity index (χ0n) is 22.1. The van der Waals surface area contributed by atoms with Crippen LogP contribution in [0.1, 0.15) is 42.5 Å². The van der Waals surface area contributed by atoms with Crippen molar-refractivity contribution in [2.24, 2.45) is 0 Å². The van der Waals surface area contributed by atoms with Crippen LogP contribution in [0.2, 0.25) is 0 Å². The summed E-state index contributed by atoms with van der Waals surface area (Å²) >= 11 is 1.30. The Kier molecular flexibility index (Phi) is 20.9. The van der Waals surface area contributed by atoms with Gasteiger partial charge in [-0.1, -0.05) is 61.4 Å². The van der Waals surface area contributed by atoms with Gasteiger partial charge in [0, 0.05) is 0 Å². The van der Waals surface area contributed by atoms with Crippen molar-refractivity contribution in [1.29, 1.82) is 0 Å². The molecule has 0 N–H and O–H groups in total. The fourth-order valence-electron chi connectivity index (χ4n) is 3.63. The van der Waals surface area contributed by atoms with E-state index in [9.17, 15) is 0 Å². The van der Waals surface area contributed by atoms with Gasteiger partial charge in [0.25, 0.3) is 0 Å². The molecule has 2 aliphatic rings. The van der Waals surface area contributed by atoms with Gasteiger partial charge in [0.05, 0.1) is 0 Å². The third-order valence-electron chi connectivity index (χ3n) is 5.47. The SMILES string of the molecule is C[CH-]c1ccccc1.C[CH-]c1ccccc1.Cl.Cl.[C-]1=CC=CC1.[CH2]=[Zr].[c-]1cccc2c1Cc1ccccc1-2. The molecule has 4 aromatic rings. The van der Waals surface area contributed by atoms with E-state index in [1.165, 1.54) is 57.6 Å². The molecule has 0 nitrogen and oxygen atoms in total. The number of rotatable bonds is 2. The Morgan fingerprint density at radius 2 is 1.21 bits per heavy atom. The Morgan fingerprint density at radius 3 is 1.66 bits per heavy atom. The molecule has 0 bridgehead atoms. The van der Waals surface area contributed by atoms with Crippen molar-refractivity contribution < 1.29 is 24.2 Å². The number of benzene rings is 4. The quantitative estimate of drug-likeness (QED) is 0.173. The van der Waals surface area contributed by atoms with Crippen LogP contribution in [0.15, 0.2) is 121 Å². The molecule has 6 rings (SSSR count). The van der Waals surface area contributed by atoms with Crippen LogP contribution in [-0.4, -0.2) is 4.21 Å². The second-order valence-electron chi connectivity index (χ2n) is 7.80. The van der Waals surface area contributed by atoms with Crippen LogP contribution in [0, 0.1) is 25.0 Å². The summed E-state index contributed by atoms with van der Waals surface area (Å²) in [6, 6.07) is 38.6. The molecule has 0 fully saturated rings. The molecule has 0 unspecified atom stereocenters. The van der Waals surface area contributed by atoms with E-state index in [1.807, 2.05) is 68.5 Å². The van der Waals surface area contributed by atoms with Gasteiger partial charge in [-0.3, -0.25) is 6.08 Å². The van der Waals surface area contributed by atoms with Crippen LogP contribution >= 0.6 is 24.8 Å². The van der Waals surface area contributed by atoms with Crippen LogP contribution < -0.4 is 0 Å². The molecule has 2 aliphatic carbocycles. The second kappa shape index (κ2) is 22.4. The van der Waals surface area contributed by atoms with Crippen molar-refractivity contribution in [1.82, 2.24) is 0 Å². The van der Waals surface area contributed by atoms with Gasteiger partial charge in [0.1, 0.15) is 0 Å². The first-order chi connectivity index (χ1) is 17.8. The maximum atomic E-state index is 3.34. The molecule has 3 heteroatoms. The molecule has 0 saturated carbocycles. The molecule has 0 amide bonds. The van der Waals surface area contributed by atoms with Crippen molar-refractivity contribution in [3.05, 3.63) is 169 Å². The minimum Gasteiger partial charge on any atom is -0.179 e. The molecule has 0 radical (unpaired) electrons. The molecule has 38 heavy (non-hydrogen) atoms.